The quantitative estimate of drug-likeness (QED) is 0.326. The lowest BCUT2D eigenvalue weighted by Gasteiger charge is -2.29. The molecular formula is C24H29N3O2S2. The SMILES string of the molecule is CCCCCCN1C(=O)/C(=C/c2cc3cccc(C)c3nc2N2CCOCC2)SC1=S. The Balaban J connectivity index is 1.67. The molecule has 0 spiro atoms. The van der Waals surface area contributed by atoms with E-state index in [1.54, 1.807) is 4.90 Å². The van der Waals surface area contributed by atoms with Crippen LogP contribution in [0.5, 0.6) is 0 Å². The normalized spacial score (nSPS) is 18.6. The zero-order valence-corrected chi connectivity index (χ0v) is 19.9. The average molecular weight is 456 g/mol. The summed E-state index contributed by atoms with van der Waals surface area (Å²) in [7, 11) is 0. The maximum atomic E-state index is 13.1. The highest BCUT2D eigenvalue weighted by molar-refractivity contribution is 8.26. The number of carbonyl (C=O) groups excluding carboxylic acids is 1. The van der Waals surface area contributed by atoms with E-state index in [1.165, 1.54) is 24.6 Å². The fourth-order valence-electron chi connectivity index (χ4n) is 4.02. The fourth-order valence-corrected chi connectivity index (χ4v) is 5.32. The number of anilines is 1. The summed E-state index contributed by atoms with van der Waals surface area (Å²) in [5, 5.41) is 1.08. The maximum Gasteiger partial charge on any atom is 0.266 e. The van der Waals surface area contributed by atoms with Gasteiger partial charge in [-0.1, -0.05) is 68.4 Å². The third-order valence-electron chi connectivity index (χ3n) is 5.76. The van der Waals surface area contributed by atoms with E-state index in [-0.39, 0.29) is 5.91 Å². The second kappa shape index (κ2) is 10.1. The number of benzene rings is 1. The van der Waals surface area contributed by atoms with Gasteiger partial charge in [-0.3, -0.25) is 9.69 Å². The minimum atomic E-state index is 0.0174. The van der Waals surface area contributed by atoms with Crippen LogP contribution in [0.25, 0.3) is 17.0 Å². The molecule has 1 aromatic heterocycles. The minimum absolute atomic E-state index is 0.0174. The number of ether oxygens (including phenoxy) is 1. The summed E-state index contributed by atoms with van der Waals surface area (Å²) in [6.07, 6.45) is 6.46. The number of amides is 1. The number of pyridine rings is 1. The fraction of sp³-hybridized carbons (Fsp3) is 0.458. The number of fused-ring (bicyclic) bond motifs is 1. The van der Waals surface area contributed by atoms with Gasteiger partial charge < -0.3 is 9.64 Å². The molecular weight excluding hydrogens is 426 g/mol. The lowest BCUT2D eigenvalue weighted by molar-refractivity contribution is -0.122. The summed E-state index contributed by atoms with van der Waals surface area (Å²) >= 11 is 6.93. The molecule has 4 rings (SSSR count). The van der Waals surface area contributed by atoms with E-state index in [1.807, 2.05) is 12.1 Å². The van der Waals surface area contributed by atoms with Crippen LogP contribution >= 0.6 is 24.0 Å². The molecule has 0 atom stereocenters. The van der Waals surface area contributed by atoms with Crippen molar-refractivity contribution >= 4 is 57.0 Å². The number of para-hydroxylation sites is 1. The van der Waals surface area contributed by atoms with Crippen molar-refractivity contribution < 1.29 is 9.53 Å². The van der Waals surface area contributed by atoms with Crippen molar-refractivity contribution in [3.8, 4) is 0 Å². The molecule has 0 saturated carbocycles. The van der Waals surface area contributed by atoms with Crippen LogP contribution in [0.1, 0.15) is 43.7 Å². The van der Waals surface area contributed by atoms with Gasteiger partial charge in [-0.15, -0.1) is 0 Å². The minimum Gasteiger partial charge on any atom is -0.378 e. The number of aryl methyl sites for hydroxylation is 1. The van der Waals surface area contributed by atoms with Gasteiger partial charge in [0, 0.05) is 30.6 Å². The van der Waals surface area contributed by atoms with Gasteiger partial charge >= 0.3 is 0 Å². The van der Waals surface area contributed by atoms with E-state index in [2.05, 4.69) is 36.9 Å². The Kier molecular flexibility index (Phi) is 7.25. The van der Waals surface area contributed by atoms with Crippen molar-refractivity contribution in [3.63, 3.8) is 0 Å². The predicted molar refractivity (Wildman–Crippen MR) is 134 cm³/mol. The third kappa shape index (κ3) is 4.94. The van der Waals surface area contributed by atoms with Gasteiger partial charge in [0.2, 0.25) is 0 Å². The molecule has 0 N–H and O–H groups in total. The van der Waals surface area contributed by atoms with Crippen LogP contribution in [-0.2, 0) is 9.53 Å². The monoisotopic (exact) mass is 455 g/mol. The van der Waals surface area contributed by atoms with E-state index >= 15 is 0 Å². The highest BCUT2D eigenvalue weighted by atomic mass is 32.2. The molecule has 1 amide bonds. The van der Waals surface area contributed by atoms with Gasteiger partial charge in [0.05, 0.1) is 23.6 Å². The molecule has 164 valence electrons. The predicted octanol–water partition coefficient (Wildman–Crippen LogP) is 5.16. The standard InChI is InChI=1S/C24H29N3O2S2/c1-3-4-5-6-10-27-23(28)20(31-24(27)30)16-19-15-18-9-7-8-17(2)21(18)25-22(19)26-11-13-29-14-12-26/h7-9,15-16H,3-6,10-14H2,1-2H3/b20-16-. The first kappa shape index (κ1) is 22.2. The third-order valence-corrected chi connectivity index (χ3v) is 7.14. The number of hydrogen-bond donors (Lipinski definition) is 0. The number of unbranched alkanes of at least 4 members (excludes halogenated alkanes) is 3. The summed E-state index contributed by atoms with van der Waals surface area (Å²) in [5.41, 5.74) is 3.12. The molecule has 31 heavy (non-hydrogen) atoms. The molecule has 7 heteroatoms. The van der Waals surface area contributed by atoms with Crippen LogP contribution in [0.4, 0.5) is 5.82 Å². The first-order chi connectivity index (χ1) is 15.1. The highest BCUT2D eigenvalue weighted by Gasteiger charge is 2.32. The Hall–Kier alpha value is -1.96. The smallest absolute Gasteiger partial charge is 0.266 e. The summed E-state index contributed by atoms with van der Waals surface area (Å²) in [6.45, 7) is 7.94. The first-order valence-electron chi connectivity index (χ1n) is 11.1. The molecule has 2 aromatic rings. The molecule has 2 saturated heterocycles. The molecule has 2 aliphatic heterocycles. The van der Waals surface area contributed by atoms with Gasteiger partial charge in [0.15, 0.2) is 0 Å². The number of rotatable bonds is 7. The van der Waals surface area contributed by atoms with E-state index in [9.17, 15) is 4.79 Å². The lowest BCUT2D eigenvalue weighted by Crippen LogP contribution is -2.37. The van der Waals surface area contributed by atoms with Crippen molar-refractivity contribution in [1.82, 2.24) is 9.88 Å². The van der Waals surface area contributed by atoms with Gasteiger partial charge in [-0.25, -0.2) is 4.98 Å². The van der Waals surface area contributed by atoms with Gasteiger partial charge in [0.25, 0.3) is 5.91 Å². The summed E-state index contributed by atoms with van der Waals surface area (Å²) < 4.78 is 6.20. The Morgan fingerprint density at radius 3 is 2.81 bits per heavy atom. The van der Waals surface area contributed by atoms with Gasteiger partial charge in [0.1, 0.15) is 10.1 Å². The van der Waals surface area contributed by atoms with Gasteiger partial charge in [-0.05, 0) is 31.1 Å². The molecule has 1 aromatic carbocycles. The summed E-state index contributed by atoms with van der Waals surface area (Å²) in [6, 6.07) is 8.36. The molecule has 0 bridgehead atoms. The van der Waals surface area contributed by atoms with Crippen LogP contribution in [0.15, 0.2) is 29.2 Å². The second-order valence-electron chi connectivity index (χ2n) is 8.04. The van der Waals surface area contributed by atoms with Crippen LogP contribution in [0, 0.1) is 6.92 Å². The molecule has 0 unspecified atom stereocenters. The molecule has 2 aliphatic rings. The molecule has 5 nitrogen and oxygen atoms in total. The first-order valence-corrected chi connectivity index (χ1v) is 12.3. The van der Waals surface area contributed by atoms with Crippen molar-refractivity contribution in [2.75, 3.05) is 37.7 Å². The Labute approximate surface area is 193 Å². The molecule has 3 heterocycles. The number of thioether (sulfide) groups is 1. The second-order valence-corrected chi connectivity index (χ2v) is 9.72. The van der Waals surface area contributed by atoms with E-state index in [0.29, 0.717) is 29.0 Å². The summed E-state index contributed by atoms with van der Waals surface area (Å²) in [5.74, 6) is 0.932. The Morgan fingerprint density at radius 1 is 1.23 bits per heavy atom. The van der Waals surface area contributed by atoms with Crippen LogP contribution < -0.4 is 4.90 Å². The van der Waals surface area contributed by atoms with Crippen molar-refractivity contribution in [3.05, 3.63) is 40.3 Å². The topological polar surface area (TPSA) is 45.7 Å². The van der Waals surface area contributed by atoms with Crippen molar-refractivity contribution in [1.29, 1.82) is 0 Å². The zero-order valence-electron chi connectivity index (χ0n) is 18.2. The van der Waals surface area contributed by atoms with Crippen LogP contribution in [0.2, 0.25) is 0 Å². The van der Waals surface area contributed by atoms with Crippen molar-refractivity contribution in [2.45, 2.75) is 39.5 Å². The molecule has 2 fully saturated rings. The average Bonchev–Trinajstić information content (AvgIpc) is 3.04. The number of aromatic nitrogens is 1. The lowest BCUT2D eigenvalue weighted by atomic mass is 10.1. The van der Waals surface area contributed by atoms with Crippen molar-refractivity contribution in [2.24, 2.45) is 0 Å². The summed E-state index contributed by atoms with van der Waals surface area (Å²) in [4.78, 5) is 22.8. The molecule has 0 radical (unpaired) electrons. The largest absolute Gasteiger partial charge is 0.378 e. The number of carbonyl (C=O) groups is 1. The van der Waals surface area contributed by atoms with Crippen LogP contribution in [0.3, 0.4) is 0 Å². The van der Waals surface area contributed by atoms with Gasteiger partial charge in [-0.2, -0.15) is 0 Å². The Bertz CT molecular complexity index is 1020. The molecule has 0 aliphatic carbocycles. The number of hydrogen-bond acceptors (Lipinski definition) is 6. The maximum absolute atomic E-state index is 13.1. The zero-order chi connectivity index (χ0) is 21.8. The Morgan fingerprint density at radius 2 is 2.03 bits per heavy atom. The van der Waals surface area contributed by atoms with E-state index < -0.39 is 0 Å². The number of morpholine rings is 1. The number of nitrogens with zero attached hydrogens (tertiary/aromatic N) is 3. The van der Waals surface area contributed by atoms with Crippen LogP contribution in [-0.4, -0.2) is 53.0 Å². The van der Waals surface area contributed by atoms with E-state index in [0.717, 1.165) is 53.8 Å². The highest BCUT2D eigenvalue weighted by Crippen LogP contribution is 2.35. The van der Waals surface area contributed by atoms with E-state index in [4.69, 9.17) is 21.9 Å². The number of thiocarbonyl (C=S) groups is 1.